The molecule has 0 fully saturated rings. The van der Waals surface area contributed by atoms with Gasteiger partial charge in [0.1, 0.15) is 6.61 Å². The van der Waals surface area contributed by atoms with Gasteiger partial charge in [0.2, 0.25) is 0 Å². The van der Waals surface area contributed by atoms with Gasteiger partial charge in [0.15, 0.2) is 5.78 Å². The van der Waals surface area contributed by atoms with Crippen molar-refractivity contribution in [2.24, 2.45) is 5.41 Å². The summed E-state index contributed by atoms with van der Waals surface area (Å²) in [5, 5.41) is 0. The minimum Gasteiger partial charge on any atom is -0.382 e. The zero-order chi connectivity index (χ0) is 12.4. The van der Waals surface area contributed by atoms with Crippen LogP contribution in [0.2, 0.25) is 0 Å². The highest BCUT2D eigenvalue weighted by Gasteiger charge is 2.20. The topological polar surface area (TPSA) is 44.8 Å². The average Bonchev–Trinajstić information content (AvgIpc) is 2.20. The van der Waals surface area contributed by atoms with Crippen molar-refractivity contribution in [2.45, 2.75) is 27.2 Å². The Hall–Kier alpha value is -0.450. The van der Waals surface area contributed by atoms with Crippen LogP contribution in [0.4, 0.5) is 0 Å². The maximum Gasteiger partial charge on any atom is 0.163 e. The van der Waals surface area contributed by atoms with E-state index in [9.17, 15) is 4.79 Å². The van der Waals surface area contributed by atoms with Crippen LogP contribution in [0.5, 0.6) is 0 Å². The molecule has 96 valence electrons. The predicted molar refractivity (Wildman–Crippen MR) is 62.6 cm³/mol. The fraction of sp³-hybridized carbons (Fsp3) is 0.917. The number of rotatable bonds is 9. The zero-order valence-electron chi connectivity index (χ0n) is 10.9. The molecule has 0 amide bonds. The summed E-state index contributed by atoms with van der Waals surface area (Å²) in [5.74, 6) is 0.132. The van der Waals surface area contributed by atoms with E-state index in [-0.39, 0.29) is 17.8 Å². The van der Waals surface area contributed by atoms with Crippen LogP contribution >= 0.6 is 0 Å². The van der Waals surface area contributed by atoms with Crippen LogP contribution < -0.4 is 0 Å². The Labute approximate surface area is 98.3 Å². The Morgan fingerprint density at radius 1 is 1.00 bits per heavy atom. The number of carbonyl (C=O) groups is 1. The summed E-state index contributed by atoms with van der Waals surface area (Å²) in [6, 6.07) is 0. The maximum absolute atomic E-state index is 11.5. The molecule has 0 heterocycles. The number of carbonyl (C=O) groups excluding carboxylic acids is 1. The fourth-order valence-corrected chi connectivity index (χ4v) is 0.889. The summed E-state index contributed by atoms with van der Waals surface area (Å²) < 4.78 is 15.4. The van der Waals surface area contributed by atoms with Gasteiger partial charge in [0, 0.05) is 25.7 Å². The standard InChI is InChI=1S/C12H24O4/c1-12(2,3)11(13)10-16-7-5-6-15-9-8-14-4/h5-10H2,1-4H3. The molecular formula is C12H24O4. The fourth-order valence-electron chi connectivity index (χ4n) is 0.889. The molecule has 16 heavy (non-hydrogen) atoms. The lowest BCUT2D eigenvalue weighted by Gasteiger charge is -2.16. The van der Waals surface area contributed by atoms with E-state index < -0.39 is 0 Å². The van der Waals surface area contributed by atoms with E-state index in [1.54, 1.807) is 7.11 Å². The minimum atomic E-state index is -0.311. The van der Waals surface area contributed by atoms with Crippen LogP contribution in [-0.2, 0) is 19.0 Å². The van der Waals surface area contributed by atoms with Crippen LogP contribution in [0.3, 0.4) is 0 Å². The van der Waals surface area contributed by atoms with E-state index >= 15 is 0 Å². The Morgan fingerprint density at radius 3 is 2.19 bits per heavy atom. The third kappa shape index (κ3) is 8.83. The van der Waals surface area contributed by atoms with Gasteiger partial charge in [-0.25, -0.2) is 0 Å². The lowest BCUT2D eigenvalue weighted by atomic mass is 9.91. The summed E-state index contributed by atoms with van der Waals surface area (Å²) in [6.07, 6.45) is 0.807. The average molecular weight is 232 g/mol. The Kier molecular flexibility index (Phi) is 8.43. The van der Waals surface area contributed by atoms with E-state index in [1.807, 2.05) is 20.8 Å². The van der Waals surface area contributed by atoms with Gasteiger partial charge in [0.25, 0.3) is 0 Å². The van der Waals surface area contributed by atoms with Gasteiger partial charge in [-0.2, -0.15) is 0 Å². The van der Waals surface area contributed by atoms with Crippen molar-refractivity contribution in [2.75, 3.05) is 40.1 Å². The highest BCUT2D eigenvalue weighted by Crippen LogP contribution is 2.14. The van der Waals surface area contributed by atoms with Crippen molar-refractivity contribution < 1.29 is 19.0 Å². The normalized spacial score (nSPS) is 11.8. The highest BCUT2D eigenvalue weighted by atomic mass is 16.5. The smallest absolute Gasteiger partial charge is 0.163 e. The molecule has 0 N–H and O–H groups in total. The molecule has 0 aliphatic rings. The van der Waals surface area contributed by atoms with E-state index in [0.29, 0.717) is 26.4 Å². The Morgan fingerprint density at radius 2 is 1.62 bits per heavy atom. The molecule has 0 bridgehead atoms. The van der Waals surface area contributed by atoms with Crippen LogP contribution in [0.15, 0.2) is 0 Å². The van der Waals surface area contributed by atoms with Crippen LogP contribution in [0.25, 0.3) is 0 Å². The van der Waals surface area contributed by atoms with Crippen molar-refractivity contribution in [1.29, 1.82) is 0 Å². The second-order valence-electron chi connectivity index (χ2n) is 4.68. The minimum absolute atomic E-state index is 0.132. The number of hydrogen-bond donors (Lipinski definition) is 0. The van der Waals surface area contributed by atoms with E-state index in [4.69, 9.17) is 14.2 Å². The van der Waals surface area contributed by atoms with Gasteiger partial charge in [-0.3, -0.25) is 4.79 Å². The molecule has 0 aromatic rings. The van der Waals surface area contributed by atoms with Crippen LogP contribution in [-0.4, -0.2) is 45.9 Å². The number of Topliss-reactive ketones (excluding diaryl/α,β-unsaturated/α-hetero) is 1. The van der Waals surface area contributed by atoms with Gasteiger partial charge in [-0.1, -0.05) is 20.8 Å². The summed E-state index contributed by atoms with van der Waals surface area (Å²) in [6.45, 7) is 8.32. The first kappa shape index (κ1) is 15.6. The molecule has 0 aliphatic heterocycles. The molecule has 0 saturated heterocycles. The van der Waals surface area contributed by atoms with Crippen molar-refractivity contribution >= 4 is 5.78 Å². The van der Waals surface area contributed by atoms with Crippen molar-refractivity contribution in [3.63, 3.8) is 0 Å². The van der Waals surface area contributed by atoms with Gasteiger partial charge < -0.3 is 14.2 Å². The number of ether oxygens (including phenoxy) is 3. The quantitative estimate of drug-likeness (QED) is 0.567. The third-order valence-electron chi connectivity index (χ3n) is 2.08. The molecule has 0 spiro atoms. The lowest BCUT2D eigenvalue weighted by Crippen LogP contribution is -2.25. The first-order valence-corrected chi connectivity index (χ1v) is 5.66. The Bertz CT molecular complexity index is 184. The van der Waals surface area contributed by atoms with Gasteiger partial charge in [-0.15, -0.1) is 0 Å². The molecule has 0 aromatic carbocycles. The molecule has 0 aromatic heterocycles. The molecule has 0 atom stereocenters. The SMILES string of the molecule is COCCOCCCOCC(=O)C(C)(C)C. The second-order valence-corrected chi connectivity index (χ2v) is 4.68. The van der Waals surface area contributed by atoms with Crippen molar-refractivity contribution in [3.8, 4) is 0 Å². The van der Waals surface area contributed by atoms with Gasteiger partial charge in [0.05, 0.1) is 13.2 Å². The molecule has 4 nitrogen and oxygen atoms in total. The molecule has 0 saturated carbocycles. The van der Waals surface area contributed by atoms with E-state index in [1.165, 1.54) is 0 Å². The predicted octanol–water partition coefficient (Wildman–Crippen LogP) is 1.67. The summed E-state index contributed by atoms with van der Waals surface area (Å²) >= 11 is 0. The van der Waals surface area contributed by atoms with Crippen LogP contribution in [0.1, 0.15) is 27.2 Å². The summed E-state index contributed by atoms with van der Waals surface area (Å²) in [7, 11) is 1.64. The maximum atomic E-state index is 11.5. The monoisotopic (exact) mass is 232 g/mol. The molecule has 0 rings (SSSR count). The first-order chi connectivity index (χ1) is 7.48. The highest BCUT2D eigenvalue weighted by molar-refractivity contribution is 5.84. The number of hydrogen-bond acceptors (Lipinski definition) is 4. The van der Waals surface area contributed by atoms with Crippen LogP contribution in [0, 0.1) is 5.41 Å². The zero-order valence-corrected chi connectivity index (χ0v) is 10.9. The van der Waals surface area contributed by atoms with Gasteiger partial charge in [-0.05, 0) is 6.42 Å². The van der Waals surface area contributed by atoms with E-state index in [0.717, 1.165) is 6.42 Å². The lowest BCUT2D eigenvalue weighted by molar-refractivity contribution is -0.131. The van der Waals surface area contributed by atoms with Gasteiger partial charge >= 0.3 is 0 Å². The molecule has 0 aliphatic carbocycles. The third-order valence-corrected chi connectivity index (χ3v) is 2.08. The van der Waals surface area contributed by atoms with Crippen molar-refractivity contribution in [1.82, 2.24) is 0 Å². The Balaban J connectivity index is 3.25. The largest absolute Gasteiger partial charge is 0.382 e. The molecule has 0 unspecified atom stereocenters. The summed E-state index contributed by atoms with van der Waals surface area (Å²) in [4.78, 5) is 11.5. The molecular weight excluding hydrogens is 208 g/mol. The number of ketones is 1. The first-order valence-electron chi connectivity index (χ1n) is 5.66. The summed E-state index contributed by atoms with van der Waals surface area (Å²) in [5.41, 5.74) is -0.311. The number of methoxy groups -OCH3 is 1. The second kappa shape index (κ2) is 8.67. The van der Waals surface area contributed by atoms with E-state index in [2.05, 4.69) is 0 Å². The van der Waals surface area contributed by atoms with Crippen molar-refractivity contribution in [3.05, 3.63) is 0 Å². The molecule has 4 heteroatoms. The molecule has 0 radical (unpaired) electrons.